The smallest absolute Gasteiger partial charge is 0.347 e. The molecule has 39 heavy (non-hydrogen) atoms. The second-order valence-corrected chi connectivity index (χ2v) is 9.84. The molecule has 1 fully saturated rings. The van der Waals surface area contributed by atoms with Crippen molar-refractivity contribution in [1.29, 1.82) is 0 Å². The van der Waals surface area contributed by atoms with Crippen LogP contribution in [0.25, 0.3) is 22.5 Å². The van der Waals surface area contributed by atoms with Crippen LogP contribution in [0.4, 0.5) is 0 Å². The van der Waals surface area contributed by atoms with E-state index in [4.69, 9.17) is 19.1 Å². The number of thiazole rings is 1. The number of esters is 1. The number of H-pyrrole nitrogens is 1. The molecule has 1 aliphatic rings. The highest BCUT2D eigenvalue weighted by Gasteiger charge is 2.30. The number of benzene rings is 1. The van der Waals surface area contributed by atoms with E-state index in [2.05, 4.69) is 20.5 Å². The van der Waals surface area contributed by atoms with Crippen molar-refractivity contribution < 1.29 is 23.7 Å². The van der Waals surface area contributed by atoms with Gasteiger partial charge in [0.25, 0.3) is 5.91 Å². The average Bonchev–Trinajstić information content (AvgIpc) is 3.73. The summed E-state index contributed by atoms with van der Waals surface area (Å²) < 4.78 is 10.4. The minimum Gasteiger partial charge on any atom is -0.463 e. The number of amides is 1. The van der Waals surface area contributed by atoms with Crippen molar-refractivity contribution in [2.24, 2.45) is 5.16 Å². The molecule has 0 spiro atoms. The summed E-state index contributed by atoms with van der Waals surface area (Å²) in [7, 11) is 0. The van der Waals surface area contributed by atoms with Crippen LogP contribution in [-0.2, 0) is 19.2 Å². The lowest BCUT2D eigenvalue weighted by Crippen LogP contribution is -2.42. The number of carbonyl (C=O) groups is 2. The predicted molar refractivity (Wildman–Crippen MR) is 144 cm³/mol. The van der Waals surface area contributed by atoms with Gasteiger partial charge in [-0.05, 0) is 32.8 Å². The monoisotopic (exact) mass is 548 g/mol. The molecular weight excluding hydrogens is 520 g/mol. The van der Waals surface area contributed by atoms with Gasteiger partial charge in [-0.15, -0.1) is 11.3 Å². The maximum atomic E-state index is 13.3. The summed E-state index contributed by atoms with van der Waals surface area (Å²) in [5.74, 6) is 0.0928. The van der Waals surface area contributed by atoms with Gasteiger partial charge in [-0.25, -0.2) is 9.78 Å². The van der Waals surface area contributed by atoms with Crippen LogP contribution in [0.3, 0.4) is 0 Å². The van der Waals surface area contributed by atoms with Crippen LogP contribution in [0.2, 0.25) is 0 Å². The Kier molecular flexibility index (Phi) is 8.11. The van der Waals surface area contributed by atoms with Crippen molar-refractivity contribution in [1.82, 2.24) is 25.2 Å². The fourth-order valence-electron chi connectivity index (χ4n) is 4.48. The predicted octanol–water partition coefficient (Wildman–Crippen LogP) is 4.19. The number of nitrogens with one attached hydrogen (secondary N) is 1. The van der Waals surface area contributed by atoms with Gasteiger partial charge in [-0.1, -0.05) is 40.6 Å². The number of nitrogens with zero attached hydrogens (tertiary/aromatic N) is 5. The van der Waals surface area contributed by atoms with Crippen LogP contribution in [0.1, 0.15) is 42.1 Å². The summed E-state index contributed by atoms with van der Waals surface area (Å²) in [6.07, 6.45) is 3.04. The van der Waals surface area contributed by atoms with E-state index < -0.39 is 5.97 Å². The first-order chi connectivity index (χ1) is 19.0. The zero-order valence-corrected chi connectivity index (χ0v) is 22.4. The standard InChI is InChI=1S/C27H28N6O5S/c1-3-36-22(34)15-37-31-25(20-9-12-28-30-20)27(35)33-13-10-19(11-14-33)26-29-21(16-39-26)23-17(2)38-32-24(23)18-7-5-4-6-8-18/h4-9,12,16,19H,3,10-11,13-15H2,1-2H3,(H,28,30). The minimum absolute atomic E-state index is 0.0585. The number of oxime groups is 1. The van der Waals surface area contributed by atoms with E-state index in [1.165, 1.54) is 6.20 Å². The maximum absolute atomic E-state index is 13.3. The molecule has 11 nitrogen and oxygen atoms in total. The normalized spacial score (nSPS) is 14.4. The third-order valence-electron chi connectivity index (χ3n) is 6.42. The molecule has 12 heteroatoms. The molecule has 1 aliphatic heterocycles. The van der Waals surface area contributed by atoms with Gasteiger partial charge in [-0.2, -0.15) is 5.10 Å². The molecule has 0 unspecified atom stereocenters. The van der Waals surface area contributed by atoms with Crippen LogP contribution >= 0.6 is 11.3 Å². The van der Waals surface area contributed by atoms with Gasteiger partial charge in [0.15, 0.2) is 5.71 Å². The zero-order chi connectivity index (χ0) is 27.2. The Bertz CT molecular complexity index is 1440. The molecular formula is C27H28N6O5S. The number of aromatic nitrogens is 4. The number of piperidine rings is 1. The summed E-state index contributed by atoms with van der Waals surface area (Å²) in [4.78, 5) is 36.7. The first-order valence-corrected chi connectivity index (χ1v) is 13.5. The first kappa shape index (κ1) is 26.3. The van der Waals surface area contributed by atoms with Crippen LogP contribution in [0.5, 0.6) is 0 Å². The Morgan fingerprint density at radius 1 is 1.21 bits per heavy atom. The van der Waals surface area contributed by atoms with Gasteiger partial charge >= 0.3 is 5.97 Å². The van der Waals surface area contributed by atoms with Crippen LogP contribution in [0, 0.1) is 6.92 Å². The number of aryl methyl sites for hydroxylation is 1. The Hall–Kier alpha value is -4.32. The zero-order valence-electron chi connectivity index (χ0n) is 21.6. The van der Waals surface area contributed by atoms with Crippen molar-refractivity contribution >= 4 is 28.9 Å². The lowest BCUT2D eigenvalue weighted by molar-refractivity contribution is -0.148. The Labute approximate surface area is 228 Å². The van der Waals surface area contributed by atoms with Crippen molar-refractivity contribution in [3.05, 3.63) is 64.4 Å². The molecule has 0 saturated carbocycles. The second-order valence-electron chi connectivity index (χ2n) is 8.95. The highest BCUT2D eigenvalue weighted by molar-refractivity contribution is 7.10. The number of ether oxygens (including phenoxy) is 1. The van der Waals surface area contributed by atoms with Gasteiger partial charge < -0.3 is 19.0 Å². The van der Waals surface area contributed by atoms with E-state index in [9.17, 15) is 9.59 Å². The van der Waals surface area contributed by atoms with E-state index >= 15 is 0 Å². The van der Waals surface area contributed by atoms with Crippen molar-refractivity contribution in [3.8, 4) is 22.5 Å². The SMILES string of the molecule is CCOC(=O)CON=C(C(=O)N1CCC(c2nc(-c3c(-c4ccccc4)noc3C)cs2)CC1)c1ccn[nH]1. The number of carbonyl (C=O) groups excluding carboxylic acids is 2. The first-order valence-electron chi connectivity index (χ1n) is 12.7. The summed E-state index contributed by atoms with van der Waals surface area (Å²) in [5, 5.41) is 17.9. The summed E-state index contributed by atoms with van der Waals surface area (Å²) in [6.45, 7) is 4.52. The molecule has 0 radical (unpaired) electrons. The number of hydrogen-bond donors (Lipinski definition) is 1. The molecule has 1 N–H and O–H groups in total. The van der Waals surface area contributed by atoms with E-state index in [1.807, 2.05) is 42.6 Å². The average molecular weight is 549 g/mol. The lowest BCUT2D eigenvalue weighted by atomic mass is 9.97. The Balaban J connectivity index is 1.26. The Morgan fingerprint density at radius 2 is 2.00 bits per heavy atom. The molecule has 4 aromatic rings. The molecule has 0 atom stereocenters. The maximum Gasteiger partial charge on any atom is 0.347 e. The molecule has 0 aliphatic carbocycles. The molecule has 202 valence electrons. The van der Waals surface area contributed by atoms with Crippen molar-refractivity contribution in [2.75, 3.05) is 26.3 Å². The number of rotatable bonds is 9. The quantitative estimate of drug-likeness (QED) is 0.187. The third-order valence-corrected chi connectivity index (χ3v) is 7.43. The van der Waals surface area contributed by atoms with Crippen molar-refractivity contribution in [2.45, 2.75) is 32.6 Å². The number of hydrogen-bond acceptors (Lipinski definition) is 10. The highest BCUT2D eigenvalue weighted by Crippen LogP contribution is 2.38. The van der Waals surface area contributed by atoms with Gasteiger partial charge in [-0.3, -0.25) is 9.89 Å². The fraction of sp³-hybridized carbons (Fsp3) is 0.333. The molecule has 5 rings (SSSR count). The van der Waals surface area contributed by atoms with Gasteiger partial charge in [0.05, 0.1) is 28.6 Å². The van der Waals surface area contributed by atoms with Crippen LogP contribution in [0.15, 0.2) is 57.7 Å². The van der Waals surface area contributed by atoms with Gasteiger partial charge in [0.1, 0.15) is 11.5 Å². The summed E-state index contributed by atoms with van der Waals surface area (Å²) in [6, 6.07) is 11.5. The van der Waals surface area contributed by atoms with Gasteiger partial charge in [0.2, 0.25) is 6.61 Å². The number of aromatic amines is 1. The molecule has 1 aromatic carbocycles. The van der Waals surface area contributed by atoms with E-state index in [-0.39, 0.29) is 30.8 Å². The largest absolute Gasteiger partial charge is 0.463 e. The molecule has 1 amide bonds. The molecule has 1 saturated heterocycles. The summed E-state index contributed by atoms with van der Waals surface area (Å²) in [5.41, 5.74) is 3.97. The third kappa shape index (κ3) is 5.90. The second kappa shape index (κ2) is 12.0. The molecule has 3 aromatic heterocycles. The lowest BCUT2D eigenvalue weighted by Gasteiger charge is -2.31. The topological polar surface area (TPSA) is 136 Å². The van der Waals surface area contributed by atoms with Crippen molar-refractivity contribution in [3.63, 3.8) is 0 Å². The van der Waals surface area contributed by atoms with Crippen LogP contribution in [-0.4, -0.2) is 69.1 Å². The Morgan fingerprint density at radius 3 is 2.72 bits per heavy atom. The minimum atomic E-state index is -0.557. The van der Waals surface area contributed by atoms with Crippen LogP contribution < -0.4 is 0 Å². The highest BCUT2D eigenvalue weighted by atomic mass is 32.1. The molecule has 4 heterocycles. The molecule has 0 bridgehead atoms. The van der Waals surface area contributed by atoms with Gasteiger partial charge in [0, 0.05) is 36.1 Å². The number of likely N-dealkylation sites (tertiary alicyclic amines) is 1. The van der Waals surface area contributed by atoms with E-state index in [0.717, 1.165) is 46.1 Å². The van der Waals surface area contributed by atoms with E-state index in [1.54, 1.807) is 29.2 Å². The summed E-state index contributed by atoms with van der Waals surface area (Å²) >= 11 is 1.61. The van der Waals surface area contributed by atoms with E-state index in [0.29, 0.717) is 18.8 Å². The fourth-order valence-corrected chi connectivity index (χ4v) is 5.46.